The van der Waals surface area contributed by atoms with Gasteiger partial charge in [-0.1, -0.05) is 6.08 Å². The number of carbonyl (C=O) groups is 2. The molecule has 2 fully saturated rings. The van der Waals surface area contributed by atoms with Gasteiger partial charge in [0.05, 0.1) is 12.6 Å². The summed E-state index contributed by atoms with van der Waals surface area (Å²) in [4.78, 5) is 31.4. The van der Waals surface area contributed by atoms with Crippen molar-refractivity contribution in [3.63, 3.8) is 0 Å². The SMILES string of the molecule is C=CCON1C(=O)N2C[C@H]1CC[C@H]2C(=O)OC(C)(C)C. The third-order valence-corrected chi connectivity index (χ3v) is 3.33. The average Bonchev–Trinajstić information content (AvgIpc) is 2.58. The first-order valence-electron chi connectivity index (χ1n) is 6.90. The van der Waals surface area contributed by atoms with Crippen molar-refractivity contribution in [1.29, 1.82) is 0 Å². The molecule has 6 nitrogen and oxygen atoms in total. The number of carbonyl (C=O) groups excluding carboxylic acids is 2. The van der Waals surface area contributed by atoms with Crippen LogP contribution in [0.5, 0.6) is 0 Å². The van der Waals surface area contributed by atoms with E-state index in [2.05, 4.69) is 6.58 Å². The lowest BCUT2D eigenvalue weighted by Gasteiger charge is -2.31. The van der Waals surface area contributed by atoms with E-state index in [9.17, 15) is 9.59 Å². The summed E-state index contributed by atoms with van der Waals surface area (Å²) in [6.07, 6.45) is 2.94. The molecular formula is C14H22N2O4. The van der Waals surface area contributed by atoms with E-state index in [1.165, 1.54) is 5.06 Å². The Hall–Kier alpha value is -1.56. The monoisotopic (exact) mass is 282 g/mol. The maximum atomic E-state index is 12.3. The van der Waals surface area contributed by atoms with E-state index >= 15 is 0 Å². The maximum absolute atomic E-state index is 12.3. The molecule has 6 heteroatoms. The Labute approximate surface area is 119 Å². The Kier molecular flexibility index (Phi) is 4.04. The fourth-order valence-electron chi connectivity index (χ4n) is 2.55. The molecular weight excluding hydrogens is 260 g/mol. The normalized spacial score (nSPS) is 25.9. The molecule has 2 aliphatic rings. The number of hydroxylamine groups is 2. The van der Waals surface area contributed by atoms with E-state index in [-0.39, 0.29) is 24.6 Å². The van der Waals surface area contributed by atoms with Crippen molar-refractivity contribution in [2.75, 3.05) is 13.2 Å². The van der Waals surface area contributed by atoms with Crippen LogP contribution in [0.25, 0.3) is 0 Å². The van der Waals surface area contributed by atoms with Crippen molar-refractivity contribution < 1.29 is 19.2 Å². The number of hydrogen-bond donors (Lipinski definition) is 0. The van der Waals surface area contributed by atoms with Crippen LogP contribution in [-0.2, 0) is 14.4 Å². The molecule has 0 radical (unpaired) electrons. The molecule has 2 heterocycles. The van der Waals surface area contributed by atoms with Gasteiger partial charge in [0, 0.05) is 6.54 Å². The molecule has 20 heavy (non-hydrogen) atoms. The van der Waals surface area contributed by atoms with Crippen LogP contribution in [0, 0.1) is 0 Å². The Balaban J connectivity index is 2.04. The van der Waals surface area contributed by atoms with Crippen molar-refractivity contribution in [1.82, 2.24) is 9.96 Å². The number of piperidine rings is 1. The predicted molar refractivity (Wildman–Crippen MR) is 72.7 cm³/mol. The van der Waals surface area contributed by atoms with Crippen LogP contribution in [0.3, 0.4) is 0 Å². The second-order valence-electron chi connectivity index (χ2n) is 6.13. The molecule has 2 bridgehead atoms. The zero-order valence-electron chi connectivity index (χ0n) is 12.3. The molecule has 0 aromatic heterocycles. The first-order valence-corrected chi connectivity index (χ1v) is 6.90. The van der Waals surface area contributed by atoms with Crippen molar-refractivity contribution in [3.05, 3.63) is 12.7 Å². The van der Waals surface area contributed by atoms with Gasteiger partial charge >= 0.3 is 12.0 Å². The van der Waals surface area contributed by atoms with Crippen molar-refractivity contribution >= 4 is 12.0 Å². The van der Waals surface area contributed by atoms with Gasteiger partial charge in [-0.3, -0.25) is 4.84 Å². The fraction of sp³-hybridized carbons (Fsp3) is 0.714. The standard InChI is InChI=1S/C14H22N2O4/c1-5-8-19-16-10-6-7-11(15(9-10)13(16)18)12(17)20-14(2,3)4/h5,10-11H,1,6-9H2,2-4H3/t10-,11+/m1/s1. The van der Waals surface area contributed by atoms with E-state index in [4.69, 9.17) is 9.57 Å². The van der Waals surface area contributed by atoms with E-state index in [0.717, 1.165) is 6.42 Å². The number of esters is 1. The maximum Gasteiger partial charge on any atom is 0.345 e. The van der Waals surface area contributed by atoms with Crippen LogP contribution in [0.15, 0.2) is 12.7 Å². The zero-order chi connectivity index (χ0) is 14.9. The van der Waals surface area contributed by atoms with Gasteiger partial charge in [-0.05, 0) is 33.6 Å². The highest BCUT2D eigenvalue weighted by Gasteiger charge is 2.48. The second kappa shape index (κ2) is 5.44. The first-order chi connectivity index (χ1) is 9.33. The molecule has 2 rings (SSSR count). The van der Waals surface area contributed by atoms with E-state index in [1.807, 2.05) is 20.8 Å². The molecule has 0 N–H and O–H groups in total. The van der Waals surface area contributed by atoms with E-state index < -0.39 is 11.6 Å². The summed E-state index contributed by atoms with van der Waals surface area (Å²) in [5, 5.41) is 1.37. The number of rotatable bonds is 4. The lowest BCUT2D eigenvalue weighted by Crippen LogP contribution is -2.47. The van der Waals surface area contributed by atoms with Gasteiger partial charge in [0.15, 0.2) is 0 Å². The number of nitrogens with zero attached hydrogens (tertiary/aromatic N) is 2. The fourth-order valence-corrected chi connectivity index (χ4v) is 2.55. The highest BCUT2D eigenvalue weighted by atomic mass is 16.7. The highest BCUT2D eigenvalue weighted by Crippen LogP contribution is 2.31. The quantitative estimate of drug-likeness (QED) is 0.582. The molecule has 2 saturated heterocycles. The van der Waals surface area contributed by atoms with Crippen LogP contribution in [0.2, 0.25) is 0 Å². The van der Waals surface area contributed by atoms with Gasteiger partial charge in [0.2, 0.25) is 0 Å². The minimum absolute atomic E-state index is 0.0149. The molecule has 0 aliphatic carbocycles. The number of amides is 2. The van der Waals surface area contributed by atoms with Crippen molar-refractivity contribution in [2.45, 2.75) is 51.3 Å². The van der Waals surface area contributed by atoms with Gasteiger partial charge in [0.25, 0.3) is 0 Å². The van der Waals surface area contributed by atoms with Crippen molar-refractivity contribution in [2.24, 2.45) is 0 Å². The second-order valence-corrected chi connectivity index (χ2v) is 6.13. The molecule has 112 valence electrons. The summed E-state index contributed by atoms with van der Waals surface area (Å²) in [6.45, 7) is 9.83. The number of ether oxygens (including phenoxy) is 1. The van der Waals surface area contributed by atoms with Crippen LogP contribution < -0.4 is 0 Å². The lowest BCUT2D eigenvalue weighted by atomic mass is 10.0. The summed E-state index contributed by atoms with van der Waals surface area (Å²) in [5.74, 6) is -0.338. The Morgan fingerprint density at radius 3 is 2.75 bits per heavy atom. The van der Waals surface area contributed by atoms with E-state index in [1.54, 1.807) is 11.0 Å². The average molecular weight is 282 g/mol. The van der Waals surface area contributed by atoms with Crippen LogP contribution in [0.1, 0.15) is 33.6 Å². The minimum Gasteiger partial charge on any atom is -0.458 e. The zero-order valence-corrected chi connectivity index (χ0v) is 12.3. The predicted octanol–water partition coefficient (Wildman–Crippen LogP) is 1.71. The molecule has 2 atom stereocenters. The Morgan fingerprint density at radius 1 is 1.45 bits per heavy atom. The summed E-state index contributed by atoms with van der Waals surface area (Å²) in [7, 11) is 0. The van der Waals surface area contributed by atoms with E-state index in [0.29, 0.717) is 13.0 Å². The van der Waals surface area contributed by atoms with Gasteiger partial charge in [-0.25, -0.2) is 9.59 Å². The molecule has 2 aliphatic heterocycles. The van der Waals surface area contributed by atoms with Gasteiger partial charge in [-0.2, -0.15) is 5.06 Å². The van der Waals surface area contributed by atoms with Crippen LogP contribution in [-0.4, -0.2) is 52.8 Å². The molecule has 0 aromatic carbocycles. The van der Waals surface area contributed by atoms with Gasteiger partial charge in [-0.15, -0.1) is 6.58 Å². The molecule has 0 saturated carbocycles. The topological polar surface area (TPSA) is 59.1 Å². The smallest absolute Gasteiger partial charge is 0.345 e. The Bertz CT molecular complexity index is 416. The minimum atomic E-state index is -0.546. The largest absolute Gasteiger partial charge is 0.458 e. The van der Waals surface area contributed by atoms with Gasteiger partial charge < -0.3 is 9.64 Å². The third kappa shape index (κ3) is 2.95. The van der Waals surface area contributed by atoms with Crippen molar-refractivity contribution in [3.8, 4) is 0 Å². The molecule has 0 spiro atoms. The molecule has 2 amide bonds. The summed E-state index contributed by atoms with van der Waals surface area (Å²) >= 11 is 0. The highest BCUT2D eigenvalue weighted by molar-refractivity contribution is 5.85. The molecule has 0 aromatic rings. The summed E-state index contributed by atoms with van der Waals surface area (Å²) < 4.78 is 5.38. The van der Waals surface area contributed by atoms with Crippen LogP contribution in [0.4, 0.5) is 4.79 Å². The first kappa shape index (κ1) is 14.8. The third-order valence-electron chi connectivity index (χ3n) is 3.33. The molecule has 0 unspecified atom stereocenters. The Morgan fingerprint density at radius 2 is 2.15 bits per heavy atom. The summed E-state index contributed by atoms with van der Waals surface area (Å²) in [6, 6.07) is -0.748. The number of fused-ring (bicyclic) bond motifs is 2. The van der Waals surface area contributed by atoms with Crippen LogP contribution >= 0.6 is 0 Å². The summed E-state index contributed by atoms with van der Waals surface area (Å²) in [5.41, 5.74) is -0.546. The number of urea groups is 1. The lowest BCUT2D eigenvalue weighted by molar-refractivity contribution is -0.161. The number of hydrogen-bond acceptors (Lipinski definition) is 4. The van der Waals surface area contributed by atoms with Gasteiger partial charge in [0.1, 0.15) is 11.6 Å².